The van der Waals surface area contributed by atoms with Gasteiger partial charge in [0.15, 0.2) is 5.69 Å². The third-order valence-corrected chi connectivity index (χ3v) is 6.73. The lowest BCUT2D eigenvalue weighted by Gasteiger charge is -2.35. The Bertz CT molecular complexity index is 1380. The molecule has 176 valence electrons. The standard InChI is InChI=1S/C28H28N6O/c1-30-24-8-9-26-25(17-24)23(19-31-26)6-3-11-33-12-14-34(15-13-33)27-10-7-22(18-32-27)20-4-2-5-21(16-20)28(29)35/h2,4-5,7-10,16-19,31H,3,6,11-15H2,(H2,29,35). The molecule has 1 aliphatic rings. The fourth-order valence-corrected chi connectivity index (χ4v) is 4.73. The summed E-state index contributed by atoms with van der Waals surface area (Å²) in [7, 11) is 0. The largest absolute Gasteiger partial charge is 0.366 e. The van der Waals surface area contributed by atoms with Crippen molar-refractivity contribution in [1.29, 1.82) is 0 Å². The van der Waals surface area contributed by atoms with E-state index >= 15 is 0 Å². The number of primary amides is 1. The summed E-state index contributed by atoms with van der Waals surface area (Å²) >= 11 is 0. The molecule has 2 aromatic carbocycles. The van der Waals surface area contributed by atoms with Crippen LogP contribution in [0.5, 0.6) is 0 Å². The number of nitrogens with one attached hydrogen (secondary N) is 1. The van der Waals surface area contributed by atoms with Gasteiger partial charge in [0.2, 0.25) is 5.91 Å². The summed E-state index contributed by atoms with van der Waals surface area (Å²) in [6, 6.07) is 17.3. The molecule has 3 N–H and O–H groups in total. The number of carbonyl (C=O) groups excluding carboxylic acids is 1. The minimum absolute atomic E-state index is 0.426. The number of nitrogens with zero attached hydrogens (tertiary/aromatic N) is 4. The quantitative estimate of drug-likeness (QED) is 0.391. The number of fused-ring (bicyclic) bond motifs is 1. The maximum Gasteiger partial charge on any atom is 0.248 e. The van der Waals surface area contributed by atoms with Crippen molar-refractivity contribution in [2.24, 2.45) is 5.73 Å². The molecule has 0 radical (unpaired) electrons. The smallest absolute Gasteiger partial charge is 0.248 e. The van der Waals surface area contributed by atoms with Crippen molar-refractivity contribution in [2.75, 3.05) is 37.6 Å². The van der Waals surface area contributed by atoms with Gasteiger partial charge in [-0.2, -0.15) is 0 Å². The third kappa shape index (κ3) is 5.03. The Morgan fingerprint density at radius 2 is 1.91 bits per heavy atom. The van der Waals surface area contributed by atoms with E-state index in [1.54, 1.807) is 12.1 Å². The molecule has 35 heavy (non-hydrogen) atoms. The van der Waals surface area contributed by atoms with Gasteiger partial charge >= 0.3 is 0 Å². The Labute approximate surface area is 205 Å². The number of benzene rings is 2. The number of amides is 1. The lowest BCUT2D eigenvalue weighted by Crippen LogP contribution is -2.47. The Morgan fingerprint density at radius 3 is 2.66 bits per heavy atom. The number of nitrogens with two attached hydrogens (primary N) is 1. The van der Waals surface area contributed by atoms with Crippen LogP contribution in [-0.2, 0) is 6.42 Å². The first-order chi connectivity index (χ1) is 17.1. The molecule has 5 rings (SSSR count). The molecule has 3 heterocycles. The number of aromatic amines is 1. The van der Waals surface area contributed by atoms with Crippen LogP contribution in [0.3, 0.4) is 0 Å². The molecule has 7 heteroatoms. The van der Waals surface area contributed by atoms with Gasteiger partial charge in [-0.15, -0.1) is 0 Å². The summed E-state index contributed by atoms with van der Waals surface area (Å²) < 4.78 is 0. The number of hydrogen-bond acceptors (Lipinski definition) is 4. The second kappa shape index (κ2) is 10.00. The van der Waals surface area contributed by atoms with Crippen LogP contribution in [0.2, 0.25) is 0 Å². The number of piperazine rings is 1. The summed E-state index contributed by atoms with van der Waals surface area (Å²) in [5, 5.41) is 1.17. The minimum atomic E-state index is -0.426. The predicted molar refractivity (Wildman–Crippen MR) is 140 cm³/mol. The van der Waals surface area contributed by atoms with Crippen LogP contribution in [-0.4, -0.2) is 53.5 Å². The lowest BCUT2D eigenvalue weighted by molar-refractivity contribution is 0.100. The van der Waals surface area contributed by atoms with E-state index in [0.717, 1.165) is 68.0 Å². The molecular weight excluding hydrogens is 436 g/mol. The lowest BCUT2D eigenvalue weighted by atomic mass is 10.0. The van der Waals surface area contributed by atoms with Crippen LogP contribution < -0.4 is 10.6 Å². The van der Waals surface area contributed by atoms with Crippen molar-refractivity contribution >= 4 is 28.3 Å². The number of carbonyl (C=O) groups is 1. The third-order valence-electron chi connectivity index (χ3n) is 6.73. The highest BCUT2D eigenvalue weighted by molar-refractivity contribution is 5.94. The van der Waals surface area contributed by atoms with Crippen molar-refractivity contribution in [3.63, 3.8) is 0 Å². The average molecular weight is 465 g/mol. The number of hydrogen-bond donors (Lipinski definition) is 2. The fraction of sp³-hybridized carbons (Fsp3) is 0.250. The van der Waals surface area contributed by atoms with Gasteiger partial charge in [0.1, 0.15) is 5.82 Å². The van der Waals surface area contributed by atoms with Crippen molar-refractivity contribution in [3.8, 4) is 11.1 Å². The van der Waals surface area contributed by atoms with Crippen LogP contribution in [0.15, 0.2) is 67.0 Å². The Morgan fingerprint density at radius 1 is 1.06 bits per heavy atom. The molecule has 0 atom stereocenters. The summed E-state index contributed by atoms with van der Waals surface area (Å²) in [6.07, 6.45) is 6.03. The minimum Gasteiger partial charge on any atom is -0.366 e. The van der Waals surface area contributed by atoms with Crippen molar-refractivity contribution in [3.05, 3.63) is 89.5 Å². The number of rotatable bonds is 7. The second-order valence-corrected chi connectivity index (χ2v) is 8.94. The molecule has 7 nitrogen and oxygen atoms in total. The normalized spacial score (nSPS) is 14.2. The monoisotopic (exact) mass is 464 g/mol. The Hall–Kier alpha value is -4.15. The first-order valence-corrected chi connectivity index (χ1v) is 11.9. The first kappa shape index (κ1) is 22.6. The number of aromatic nitrogens is 2. The highest BCUT2D eigenvalue weighted by Gasteiger charge is 2.18. The van der Waals surface area contributed by atoms with Crippen molar-refractivity contribution < 1.29 is 4.79 Å². The van der Waals surface area contributed by atoms with E-state index in [0.29, 0.717) is 11.3 Å². The van der Waals surface area contributed by atoms with Gasteiger partial charge in [-0.05, 0) is 72.3 Å². The zero-order chi connectivity index (χ0) is 24.2. The van der Waals surface area contributed by atoms with Gasteiger partial charge in [-0.25, -0.2) is 9.83 Å². The number of aryl methyl sites for hydroxylation is 1. The molecule has 1 amide bonds. The van der Waals surface area contributed by atoms with Crippen molar-refractivity contribution in [1.82, 2.24) is 14.9 Å². The molecule has 0 unspecified atom stereocenters. The highest BCUT2D eigenvalue weighted by Crippen LogP contribution is 2.25. The van der Waals surface area contributed by atoms with Gasteiger partial charge in [0.25, 0.3) is 0 Å². The van der Waals surface area contributed by atoms with Gasteiger partial charge in [0.05, 0.1) is 6.57 Å². The van der Waals surface area contributed by atoms with Gasteiger partial charge in [-0.3, -0.25) is 9.69 Å². The zero-order valence-electron chi connectivity index (χ0n) is 19.6. The Kier molecular flexibility index (Phi) is 6.47. The van der Waals surface area contributed by atoms with Crippen LogP contribution in [0.1, 0.15) is 22.3 Å². The molecule has 0 spiro atoms. The molecule has 2 aromatic heterocycles. The number of anilines is 1. The molecule has 1 saturated heterocycles. The van der Waals surface area contributed by atoms with Gasteiger partial charge in [0, 0.05) is 55.2 Å². The molecule has 0 bridgehead atoms. The van der Waals surface area contributed by atoms with E-state index in [1.807, 2.05) is 36.5 Å². The topological polar surface area (TPSA) is 82.6 Å². The van der Waals surface area contributed by atoms with E-state index in [4.69, 9.17) is 12.3 Å². The summed E-state index contributed by atoms with van der Waals surface area (Å²) in [5.74, 6) is 0.554. The SMILES string of the molecule is [C-]#[N+]c1ccc2[nH]cc(CCCN3CCN(c4ccc(-c5cccc(C(N)=O)c5)cn4)CC3)c2c1. The van der Waals surface area contributed by atoms with E-state index in [1.165, 1.54) is 10.9 Å². The van der Waals surface area contributed by atoms with Gasteiger partial charge < -0.3 is 15.6 Å². The molecule has 0 aliphatic carbocycles. The van der Waals surface area contributed by atoms with Crippen LogP contribution >= 0.6 is 0 Å². The van der Waals surface area contributed by atoms with Gasteiger partial charge in [-0.1, -0.05) is 18.2 Å². The molecule has 1 aliphatic heterocycles. The summed E-state index contributed by atoms with van der Waals surface area (Å²) in [5.41, 5.74) is 10.9. The Balaban J connectivity index is 1.13. The summed E-state index contributed by atoms with van der Waals surface area (Å²) in [6.45, 7) is 12.2. The van der Waals surface area contributed by atoms with Crippen molar-refractivity contribution in [2.45, 2.75) is 12.8 Å². The highest BCUT2D eigenvalue weighted by atomic mass is 16.1. The second-order valence-electron chi connectivity index (χ2n) is 8.94. The molecule has 0 saturated carbocycles. The molecular formula is C28H28N6O. The molecule has 1 fully saturated rings. The molecule has 4 aromatic rings. The number of H-pyrrole nitrogens is 1. The predicted octanol–water partition coefficient (Wildman–Crippen LogP) is 4.63. The summed E-state index contributed by atoms with van der Waals surface area (Å²) in [4.78, 5) is 27.9. The van der Waals surface area contributed by atoms with E-state index in [9.17, 15) is 4.79 Å². The average Bonchev–Trinajstić information content (AvgIpc) is 3.31. The van der Waals surface area contributed by atoms with E-state index in [-0.39, 0.29) is 0 Å². The maximum atomic E-state index is 11.5. The van der Waals surface area contributed by atoms with E-state index < -0.39 is 5.91 Å². The van der Waals surface area contributed by atoms with Crippen LogP contribution in [0, 0.1) is 6.57 Å². The van der Waals surface area contributed by atoms with Crippen LogP contribution in [0.25, 0.3) is 26.9 Å². The number of pyridine rings is 1. The van der Waals surface area contributed by atoms with E-state index in [2.05, 4.69) is 42.9 Å². The first-order valence-electron chi connectivity index (χ1n) is 11.9. The fourth-order valence-electron chi connectivity index (χ4n) is 4.73. The maximum absolute atomic E-state index is 11.5. The van der Waals surface area contributed by atoms with Crippen LogP contribution in [0.4, 0.5) is 11.5 Å². The zero-order valence-corrected chi connectivity index (χ0v) is 19.6.